The van der Waals surface area contributed by atoms with Gasteiger partial charge in [0.2, 0.25) is 0 Å². The largest absolute Gasteiger partial charge is 0.336 e. The van der Waals surface area contributed by atoms with Gasteiger partial charge in [0.25, 0.3) is 5.56 Å². The van der Waals surface area contributed by atoms with Gasteiger partial charge in [0.05, 0.1) is 11.9 Å². The van der Waals surface area contributed by atoms with Crippen LogP contribution >= 0.6 is 12.4 Å². The number of nitrogens with zero attached hydrogens (tertiary/aromatic N) is 3. The Morgan fingerprint density at radius 3 is 2.89 bits per heavy atom. The van der Waals surface area contributed by atoms with E-state index < -0.39 is 0 Å². The van der Waals surface area contributed by atoms with Crippen LogP contribution in [0.1, 0.15) is 30.0 Å². The van der Waals surface area contributed by atoms with Crippen molar-refractivity contribution in [2.24, 2.45) is 5.73 Å². The predicted octanol–water partition coefficient (Wildman–Crippen LogP) is 0.854. The van der Waals surface area contributed by atoms with Gasteiger partial charge in [-0.05, 0) is 12.8 Å². The van der Waals surface area contributed by atoms with Crippen LogP contribution in [-0.2, 0) is 6.54 Å². The summed E-state index contributed by atoms with van der Waals surface area (Å²) in [6.45, 7) is 0.974. The molecule has 1 fully saturated rings. The first-order valence-corrected chi connectivity index (χ1v) is 5.98. The van der Waals surface area contributed by atoms with E-state index in [-0.39, 0.29) is 18.0 Å². The van der Waals surface area contributed by atoms with Crippen LogP contribution in [0.4, 0.5) is 0 Å². The molecule has 7 heteroatoms. The summed E-state index contributed by atoms with van der Waals surface area (Å²) in [5, 5.41) is 9.32. The van der Waals surface area contributed by atoms with Crippen molar-refractivity contribution in [1.82, 2.24) is 14.5 Å². The zero-order valence-corrected chi connectivity index (χ0v) is 11.0. The molecule has 19 heavy (non-hydrogen) atoms. The first-order chi connectivity index (χ1) is 8.77. The van der Waals surface area contributed by atoms with Gasteiger partial charge < -0.3 is 15.3 Å². The van der Waals surface area contributed by atoms with Crippen LogP contribution in [0.5, 0.6) is 0 Å². The van der Waals surface area contributed by atoms with Gasteiger partial charge in [-0.3, -0.25) is 4.79 Å². The van der Waals surface area contributed by atoms with Gasteiger partial charge in [-0.25, -0.2) is 4.98 Å². The van der Waals surface area contributed by atoms with E-state index in [9.17, 15) is 10.1 Å². The number of nitriles is 1. The van der Waals surface area contributed by atoms with Crippen molar-refractivity contribution in [3.8, 4) is 6.07 Å². The molecule has 0 amide bonds. The van der Waals surface area contributed by atoms with Crippen LogP contribution in [0.15, 0.2) is 11.1 Å². The Hall–Kier alpha value is -1.84. The fourth-order valence-corrected chi connectivity index (χ4v) is 2.46. The topological polar surface area (TPSA) is 100 Å². The summed E-state index contributed by atoms with van der Waals surface area (Å²) in [4.78, 5) is 18.6. The van der Waals surface area contributed by atoms with Crippen molar-refractivity contribution in [1.29, 1.82) is 5.26 Å². The molecular weight excluding hydrogens is 266 g/mol. The molecule has 1 saturated carbocycles. The molecule has 1 aliphatic carbocycles. The van der Waals surface area contributed by atoms with E-state index in [0.717, 1.165) is 18.5 Å². The van der Waals surface area contributed by atoms with Crippen LogP contribution in [-0.4, -0.2) is 21.1 Å². The van der Waals surface area contributed by atoms with E-state index in [1.165, 1.54) is 6.33 Å². The predicted molar refractivity (Wildman–Crippen MR) is 73.3 cm³/mol. The fraction of sp³-hybridized carbons (Fsp3) is 0.417. The van der Waals surface area contributed by atoms with Gasteiger partial charge in [0, 0.05) is 24.7 Å². The molecule has 0 aliphatic heterocycles. The second-order valence-corrected chi connectivity index (χ2v) is 4.52. The lowest BCUT2D eigenvalue weighted by molar-refractivity contribution is 0.691. The number of H-pyrrole nitrogens is 1. The first-order valence-electron chi connectivity index (χ1n) is 5.98. The summed E-state index contributed by atoms with van der Waals surface area (Å²) >= 11 is 0. The molecule has 0 saturated heterocycles. The number of nitrogens with two attached hydrogens (primary N) is 1. The van der Waals surface area contributed by atoms with Crippen molar-refractivity contribution < 1.29 is 0 Å². The van der Waals surface area contributed by atoms with Crippen molar-refractivity contribution >= 4 is 23.4 Å². The van der Waals surface area contributed by atoms with Crippen molar-refractivity contribution in [3.63, 3.8) is 0 Å². The zero-order valence-electron chi connectivity index (χ0n) is 10.2. The van der Waals surface area contributed by atoms with Crippen LogP contribution in [0.25, 0.3) is 11.0 Å². The number of aromatic nitrogens is 3. The molecule has 1 aliphatic rings. The summed E-state index contributed by atoms with van der Waals surface area (Å²) in [5.74, 6) is 0.375. The Bertz CT molecular complexity index is 707. The minimum absolute atomic E-state index is 0. The van der Waals surface area contributed by atoms with E-state index in [1.54, 1.807) is 0 Å². The van der Waals surface area contributed by atoms with E-state index in [1.807, 2.05) is 4.57 Å². The van der Waals surface area contributed by atoms with Crippen LogP contribution in [0.3, 0.4) is 0 Å². The minimum atomic E-state index is -0.211. The van der Waals surface area contributed by atoms with Crippen molar-refractivity contribution in [2.45, 2.75) is 25.3 Å². The van der Waals surface area contributed by atoms with Gasteiger partial charge in [0.1, 0.15) is 17.1 Å². The zero-order chi connectivity index (χ0) is 12.7. The van der Waals surface area contributed by atoms with Gasteiger partial charge in [-0.1, -0.05) is 0 Å². The number of aromatic amines is 1. The Kier molecular flexibility index (Phi) is 3.60. The first kappa shape index (κ1) is 13.6. The maximum Gasteiger partial charge on any atom is 0.275 e. The highest BCUT2D eigenvalue weighted by Gasteiger charge is 2.32. The third-order valence-electron chi connectivity index (χ3n) is 3.31. The van der Waals surface area contributed by atoms with Crippen LogP contribution in [0.2, 0.25) is 0 Å². The number of hydrogen-bond donors (Lipinski definition) is 2. The van der Waals surface area contributed by atoms with Crippen LogP contribution in [0, 0.1) is 11.3 Å². The molecule has 2 heterocycles. The maximum atomic E-state index is 11.9. The summed E-state index contributed by atoms with van der Waals surface area (Å²) in [6, 6.07) is 2.19. The molecule has 100 valence electrons. The Labute approximate surface area is 115 Å². The SMILES string of the molecule is Cl.N#Cc1c(C2CC2)n(CCN)c2c(=O)[nH]cnc12. The molecular formula is C12H14ClN5O. The van der Waals surface area contributed by atoms with Gasteiger partial charge in [-0.2, -0.15) is 5.26 Å². The summed E-state index contributed by atoms with van der Waals surface area (Å²) in [5.41, 5.74) is 7.83. The highest BCUT2D eigenvalue weighted by Crippen LogP contribution is 2.43. The number of halogens is 1. The lowest BCUT2D eigenvalue weighted by Gasteiger charge is -2.07. The Morgan fingerprint density at radius 2 is 2.32 bits per heavy atom. The molecule has 2 aromatic heterocycles. The number of nitrogens with one attached hydrogen (secondary N) is 1. The molecule has 3 rings (SSSR count). The molecule has 2 aromatic rings. The molecule has 6 nitrogen and oxygen atoms in total. The lowest BCUT2D eigenvalue weighted by Crippen LogP contribution is -2.17. The molecule has 3 N–H and O–H groups in total. The smallest absolute Gasteiger partial charge is 0.275 e. The second-order valence-electron chi connectivity index (χ2n) is 4.52. The van der Waals surface area contributed by atoms with Crippen molar-refractivity contribution in [3.05, 3.63) is 27.9 Å². The standard InChI is InChI=1S/C12H13N5O.ClH/c13-3-4-17-10(7-1-2-7)8(5-14)9-11(17)12(18)16-6-15-9;/h6-7H,1-4,13H2,(H,15,16,18);1H. The molecule has 0 bridgehead atoms. The van der Waals surface area contributed by atoms with E-state index >= 15 is 0 Å². The third-order valence-corrected chi connectivity index (χ3v) is 3.31. The van der Waals surface area contributed by atoms with E-state index in [0.29, 0.717) is 35.6 Å². The number of fused-ring (bicyclic) bond motifs is 1. The van der Waals surface area contributed by atoms with Gasteiger partial charge in [-0.15, -0.1) is 12.4 Å². The number of rotatable bonds is 3. The highest BCUT2D eigenvalue weighted by atomic mass is 35.5. The summed E-state index contributed by atoms with van der Waals surface area (Å²) in [7, 11) is 0. The average Bonchev–Trinajstić information content (AvgIpc) is 3.14. The van der Waals surface area contributed by atoms with Crippen molar-refractivity contribution in [2.75, 3.05) is 6.54 Å². The average molecular weight is 280 g/mol. The lowest BCUT2D eigenvalue weighted by atomic mass is 10.2. The number of hydrogen-bond acceptors (Lipinski definition) is 4. The summed E-state index contributed by atoms with van der Waals surface area (Å²) < 4.78 is 1.87. The fourth-order valence-electron chi connectivity index (χ4n) is 2.46. The minimum Gasteiger partial charge on any atom is -0.336 e. The normalized spacial score (nSPS) is 14.1. The quantitative estimate of drug-likeness (QED) is 0.870. The summed E-state index contributed by atoms with van der Waals surface area (Å²) in [6.07, 6.45) is 3.47. The molecule has 0 spiro atoms. The Balaban J connectivity index is 0.00000133. The van der Waals surface area contributed by atoms with Gasteiger partial charge in [0.15, 0.2) is 0 Å². The van der Waals surface area contributed by atoms with Gasteiger partial charge >= 0.3 is 0 Å². The van der Waals surface area contributed by atoms with E-state index in [2.05, 4.69) is 16.0 Å². The molecule has 0 atom stereocenters. The molecule has 0 radical (unpaired) electrons. The highest BCUT2D eigenvalue weighted by molar-refractivity contribution is 5.85. The molecule has 0 aromatic carbocycles. The second kappa shape index (κ2) is 5.03. The van der Waals surface area contributed by atoms with Crippen LogP contribution < -0.4 is 11.3 Å². The molecule has 0 unspecified atom stereocenters. The third kappa shape index (κ3) is 2.01. The van der Waals surface area contributed by atoms with E-state index in [4.69, 9.17) is 5.73 Å². The Morgan fingerprint density at radius 1 is 1.58 bits per heavy atom. The maximum absolute atomic E-state index is 11.9. The monoisotopic (exact) mass is 279 g/mol.